The summed E-state index contributed by atoms with van der Waals surface area (Å²) in [6.07, 6.45) is 4.58. The van der Waals surface area contributed by atoms with Crippen LogP contribution >= 0.6 is 34.5 Å². The summed E-state index contributed by atoms with van der Waals surface area (Å²) in [6.45, 7) is 5.33. The fraction of sp³-hybridized carbons (Fsp3) is 0.263. The number of rotatable bonds is 5. The molecule has 0 radical (unpaired) electrons. The van der Waals surface area contributed by atoms with Crippen LogP contribution in [0.5, 0.6) is 0 Å². The van der Waals surface area contributed by atoms with Gasteiger partial charge in [0.05, 0.1) is 22.6 Å². The number of halogens is 2. The molecule has 0 amide bonds. The third-order valence-corrected chi connectivity index (χ3v) is 5.22. The van der Waals surface area contributed by atoms with Gasteiger partial charge in [0.25, 0.3) is 0 Å². The molecule has 0 N–H and O–H groups in total. The lowest BCUT2D eigenvalue weighted by molar-refractivity contribution is 0.513. The first-order valence-corrected chi connectivity index (χ1v) is 9.76. The highest BCUT2D eigenvalue weighted by Gasteiger charge is 2.12. The molecule has 0 saturated heterocycles. The SMILES string of the molecule is CC(C)CCn1c(-c2ccc(Cl)cc2Cl)csc1=Nc1cccnc1. The number of hydrogen-bond acceptors (Lipinski definition) is 3. The van der Waals surface area contributed by atoms with Gasteiger partial charge in [-0.1, -0.05) is 37.0 Å². The topological polar surface area (TPSA) is 30.2 Å². The van der Waals surface area contributed by atoms with Gasteiger partial charge in [-0.3, -0.25) is 4.98 Å². The van der Waals surface area contributed by atoms with Crippen molar-refractivity contribution in [2.75, 3.05) is 0 Å². The van der Waals surface area contributed by atoms with Gasteiger partial charge in [0.2, 0.25) is 0 Å². The highest BCUT2D eigenvalue weighted by Crippen LogP contribution is 2.31. The van der Waals surface area contributed by atoms with E-state index in [0.29, 0.717) is 16.0 Å². The van der Waals surface area contributed by atoms with Crippen LogP contribution in [-0.2, 0) is 6.54 Å². The molecule has 3 rings (SSSR count). The predicted molar refractivity (Wildman–Crippen MR) is 107 cm³/mol. The molecule has 0 aliphatic carbocycles. The normalized spacial score (nSPS) is 12.1. The molecule has 3 aromatic rings. The zero-order valence-corrected chi connectivity index (χ0v) is 16.4. The maximum absolute atomic E-state index is 6.43. The van der Waals surface area contributed by atoms with E-state index in [4.69, 9.17) is 28.2 Å². The lowest BCUT2D eigenvalue weighted by Gasteiger charge is -2.12. The predicted octanol–water partition coefficient (Wildman–Crippen LogP) is 6.20. The molecule has 0 aliphatic rings. The zero-order valence-electron chi connectivity index (χ0n) is 14.1. The summed E-state index contributed by atoms with van der Waals surface area (Å²) in [7, 11) is 0. The Labute approximate surface area is 161 Å². The van der Waals surface area contributed by atoms with Crippen molar-refractivity contribution < 1.29 is 0 Å². The second-order valence-corrected chi connectivity index (χ2v) is 7.87. The van der Waals surface area contributed by atoms with E-state index >= 15 is 0 Å². The Morgan fingerprint density at radius 1 is 1.24 bits per heavy atom. The number of benzene rings is 1. The molecule has 1 aromatic carbocycles. The smallest absolute Gasteiger partial charge is 0.190 e. The molecule has 0 aliphatic heterocycles. The Morgan fingerprint density at radius 2 is 2.08 bits per heavy atom. The van der Waals surface area contributed by atoms with E-state index in [-0.39, 0.29) is 0 Å². The summed E-state index contributed by atoms with van der Waals surface area (Å²) in [5.41, 5.74) is 2.88. The third-order valence-electron chi connectivity index (χ3n) is 3.81. The van der Waals surface area contributed by atoms with E-state index in [0.717, 1.165) is 34.7 Å². The number of aromatic nitrogens is 2. The maximum Gasteiger partial charge on any atom is 0.190 e. The molecule has 0 spiro atoms. The number of thiazole rings is 1. The molecule has 0 fully saturated rings. The summed E-state index contributed by atoms with van der Waals surface area (Å²) in [5.74, 6) is 0.604. The first kappa shape index (κ1) is 18.2. The van der Waals surface area contributed by atoms with Crippen molar-refractivity contribution >= 4 is 40.2 Å². The minimum absolute atomic E-state index is 0.604. The van der Waals surface area contributed by atoms with Crippen molar-refractivity contribution in [3.05, 3.63) is 63.0 Å². The van der Waals surface area contributed by atoms with Crippen LogP contribution in [0.1, 0.15) is 20.3 Å². The van der Waals surface area contributed by atoms with Crippen LogP contribution in [0.4, 0.5) is 5.69 Å². The van der Waals surface area contributed by atoms with Gasteiger partial charge in [-0.15, -0.1) is 11.3 Å². The highest BCUT2D eigenvalue weighted by atomic mass is 35.5. The molecular weight excluding hydrogens is 373 g/mol. The van der Waals surface area contributed by atoms with Crippen molar-refractivity contribution in [3.8, 4) is 11.3 Å². The Morgan fingerprint density at radius 3 is 2.76 bits per heavy atom. The Balaban J connectivity index is 2.11. The van der Waals surface area contributed by atoms with Gasteiger partial charge in [-0.25, -0.2) is 4.99 Å². The highest BCUT2D eigenvalue weighted by molar-refractivity contribution is 7.07. The zero-order chi connectivity index (χ0) is 17.8. The van der Waals surface area contributed by atoms with Crippen LogP contribution < -0.4 is 4.80 Å². The summed E-state index contributed by atoms with van der Waals surface area (Å²) in [4.78, 5) is 9.84. The molecule has 3 nitrogen and oxygen atoms in total. The molecule has 130 valence electrons. The first-order valence-electron chi connectivity index (χ1n) is 8.13. The molecule has 2 heterocycles. The van der Waals surface area contributed by atoms with Crippen LogP contribution in [-0.4, -0.2) is 9.55 Å². The molecule has 0 unspecified atom stereocenters. The molecular formula is C19H19Cl2N3S. The molecule has 25 heavy (non-hydrogen) atoms. The second-order valence-electron chi connectivity index (χ2n) is 6.18. The first-order chi connectivity index (χ1) is 12.0. The van der Waals surface area contributed by atoms with Crippen molar-refractivity contribution in [1.82, 2.24) is 9.55 Å². The van der Waals surface area contributed by atoms with Gasteiger partial charge in [0.15, 0.2) is 4.80 Å². The van der Waals surface area contributed by atoms with Crippen LogP contribution in [0.2, 0.25) is 10.0 Å². The molecule has 0 bridgehead atoms. The van der Waals surface area contributed by atoms with Gasteiger partial charge in [-0.2, -0.15) is 0 Å². The fourth-order valence-electron chi connectivity index (χ4n) is 2.47. The van der Waals surface area contributed by atoms with Crippen molar-refractivity contribution in [3.63, 3.8) is 0 Å². The van der Waals surface area contributed by atoms with E-state index in [1.54, 1.807) is 29.8 Å². The monoisotopic (exact) mass is 391 g/mol. The molecule has 0 saturated carbocycles. The Kier molecular flexibility index (Phi) is 5.94. The Bertz CT molecular complexity index is 914. The van der Waals surface area contributed by atoms with Gasteiger partial charge >= 0.3 is 0 Å². The number of nitrogens with zero attached hydrogens (tertiary/aromatic N) is 3. The summed E-state index contributed by atoms with van der Waals surface area (Å²) < 4.78 is 2.23. The molecule has 0 atom stereocenters. The minimum atomic E-state index is 0.604. The van der Waals surface area contributed by atoms with E-state index < -0.39 is 0 Å². The van der Waals surface area contributed by atoms with Crippen LogP contribution in [0, 0.1) is 5.92 Å². The average Bonchev–Trinajstić information content (AvgIpc) is 2.96. The van der Waals surface area contributed by atoms with Crippen LogP contribution in [0.15, 0.2) is 53.1 Å². The minimum Gasteiger partial charge on any atom is -0.316 e. The lowest BCUT2D eigenvalue weighted by atomic mass is 10.1. The van der Waals surface area contributed by atoms with Crippen molar-refractivity contribution in [2.45, 2.75) is 26.8 Å². The largest absolute Gasteiger partial charge is 0.316 e. The van der Waals surface area contributed by atoms with E-state index in [1.807, 2.05) is 24.3 Å². The van der Waals surface area contributed by atoms with E-state index in [1.165, 1.54) is 0 Å². The summed E-state index contributed by atoms with van der Waals surface area (Å²) >= 11 is 14.1. The van der Waals surface area contributed by atoms with E-state index in [2.05, 4.69) is 28.8 Å². The standard InChI is InChI=1S/C19H19Cl2N3S/c1-13(2)7-9-24-18(16-6-5-14(20)10-17(16)21)12-25-19(24)23-15-4-3-8-22-11-15/h3-6,8,10-13H,7,9H2,1-2H3. The number of pyridine rings is 1. The lowest BCUT2D eigenvalue weighted by Crippen LogP contribution is -2.17. The second kappa shape index (κ2) is 8.17. The van der Waals surface area contributed by atoms with Crippen molar-refractivity contribution in [2.24, 2.45) is 10.9 Å². The molecule has 2 aromatic heterocycles. The summed E-state index contributed by atoms with van der Waals surface area (Å²) in [6, 6.07) is 9.45. The quantitative estimate of drug-likeness (QED) is 0.509. The average molecular weight is 392 g/mol. The Hall–Kier alpha value is -1.62. The van der Waals surface area contributed by atoms with Gasteiger partial charge in [0.1, 0.15) is 0 Å². The van der Waals surface area contributed by atoms with Crippen LogP contribution in [0.25, 0.3) is 11.3 Å². The summed E-state index contributed by atoms with van der Waals surface area (Å²) in [5, 5.41) is 3.39. The molecule has 6 heteroatoms. The number of hydrogen-bond donors (Lipinski definition) is 0. The fourth-order valence-corrected chi connectivity index (χ4v) is 3.92. The van der Waals surface area contributed by atoms with Crippen LogP contribution in [0.3, 0.4) is 0 Å². The maximum atomic E-state index is 6.43. The van der Waals surface area contributed by atoms with Gasteiger partial charge < -0.3 is 4.57 Å². The van der Waals surface area contributed by atoms with Gasteiger partial charge in [0, 0.05) is 28.7 Å². The van der Waals surface area contributed by atoms with Gasteiger partial charge in [-0.05, 0) is 42.7 Å². The third kappa shape index (κ3) is 4.51. The van der Waals surface area contributed by atoms with E-state index in [9.17, 15) is 0 Å². The van der Waals surface area contributed by atoms with Crippen molar-refractivity contribution in [1.29, 1.82) is 0 Å².